The van der Waals surface area contributed by atoms with Gasteiger partial charge >= 0.3 is 0 Å². The molecule has 1 aromatic rings. The number of hydrogen-bond acceptors (Lipinski definition) is 2. The van der Waals surface area contributed by atoms with Crippen LogP contribution in [0, 0.1) is 12.8 Å². The fraction of sp³-hybridized carbons (Fsp3) is 0.667. The normalized spacial score (nSPS) is 10.7. The summed E-state index contributed by atoms with van der Waals surface area (Å²) < 4.78 is 0. The van der Waals surface area contributed by atoms with Crippen molar-refractivity contribution in [3.05, 3.63) is 11.8 Å². The summed E-state index contributed by atoms with van der Waals surface area (Å²) in [5.41, 5.74) is 1.10. The van der Waals surface area contributed by atoms with Gasteiger partial charge < -0.3 is 5.32 Å². The van der Waals surface area contributed by atoms with Crippen LogP contribution in [-0.4, -0.2) is 16.7 Å². The first-order chi connectivity index (χ1) is 5.68. The summed E-state index contributed by atoms with van der Waals surface area (Å²) in [5.74, 6) is 1.70. The number of H-pyrrole nitrogens is 1. The lowest BCUT2D eigenvalue weighted by Gasteiger charge is -2.04. The van der Waals surface area contributed by atoms with E-state index in [2.05, 4.69) is 29.4 Å². The molecule has 0 saturated carbocycles. The molecule has 1 rings (SSSR count). The molecule has 68 valence electrons. The Balaban J connectivity index is 2.24. The summed E-state index contributed by atoms with van der Waals surface area (Å²) in [7, 11) is 0. The van der Waals surface area contributed by atoms with Crippen LogP contribution in [0.3, 0.4) is 0 Å². The number of aromatic amines is 1. The maximum absolute atomic E-state index is 4.08. The average Bonchev–Trinajstić information content (AvgIpc) is 2.35. The van der Waals surface area contributed by atoms with Crippen molar-refractivity contribution >= 4 is 5.82 Å². The molecule has 0 aliphatic rings. The summed E-state index contributed by atoms with van der Waals surface area (Å²) in [6.07, 6.45) is 1.19. The maximum Gasteiger partial charge on any atom is 0.148 e. The molecular weight excluding hydrogens is 150 g/mol. The third-order valence-electron chi connectivity index (χ3n) is 1.73. The second-order valence-corrected chi connectivity index (χ2v) is 3.55. The van der Waals surface area contributed by atoms with Crippen molar-refractivity contribution in [1.82, 2.24) is 10.2 Å². The molecule has 0 radical (unpaired) electrons. The van der Waals surface area contributed by atoms with E-state index in [-0.39, 0.29) is 0 Å². The lowest BCUT2D eigenvalue weighted by molar-refractivity contribution is 0.606. The quantitative estimate of drug-likeness (QED) is 0.721. The second-order valence-electron chi connectivity index (χ2n) is 3.55. The number of aromatic nitrogens is 2. The molecular formula is C9H17N3. The molecule has 1 aromatic heterocycles. The third-order valence-corrected chi connectivity index (χ3v) is 1.73. The molecule has 2 N–H and O–H groups in total. The summed E-state index contributed by atoms with van der Waals surface area (Å²) in [6, 6.07) is 2.01. The Bertz CT molecular complexity index is 227. The molecule has 0 unspecified atom stereocenters. The zero-order chi connectivity index (χ0) is 8.97. The third kappa shape index (κ3) is 2.95. The summed E-state index contributed by atoms with van der Waals surface area (Å²) in [5, 5.41) is 10.2. The van der Waals surface area contributed by atoms with Gasteiger partial charge in [-0.25, -0.2) is 0 Å². The fourth-order valence-electron chi connectivity index (χ4n) is 0.998. The monoisotopic (exact) mass is 167 g/mol. The van der Waals surface area contributed by atoms with Gasteiger partial charge in [0.05, 0.1) is 0 Å². The molecule has 1 heterocycles. The van der Waals surface area contributed by atoms with Crippen LogP contribution in [0.15, 0.2) is 6.07 Å². The summed E-state index contributed by atoms with van der Waals surface area (Å²) in [4.78, 5) is 0. The molecule has 0 saturated heterocycles. The molecule has 3 heteroatoms. The highest BCUT2D eigenvalue weighted by Gasteiger charge is 1.96. The van der Waals surface area contributed by atoms with E-state index in [0.29, 0.717) is 0 Å². The van der Waals surface area contributed by atoms with Crippen LogP contribution in [0.5, 0.6) is 0 Å². The van der Waals surface area contributed by atoms with Crippen molar-refractivity contribution in [2.75, 3.05) is 11.9 Å². The first kappa shape index (κ1) is 9.10. The Labute approximate surface area is 73.6 Å². The van der Waals surface area contributed by atoms with E-state index in [1.807, 2.05) is 13.0 Å². The molecule has 3 nitrogen and oxygen atoms in total. The minimum absolute atomic E-state index is 0.748. The van der Waals surface area contributed by atoms with Crippen molar-refractivity contribution in [2.24, 2.45) is 5.92 Å². The SMILES string of the molecule is Cc1cc(NCCC(C)C)n[nH]1. The van der Waals surface area contributed by atoms with Gasteiger partial charge in [0.1, 0.15) is 5.82 Å². The van der Waals surface area contributed by atoms with Gasteiger partial charge in [-0.05, 0) is 19.3 Å². The second kappa shape index (κ2) is 4.14. The minimum Gasteiger partial charge on any atom is -0.369 e. The highest BCUT2D eigenvalue weighted by atomic mass is 15.2. The largest absolute Gasteiger partial charge is 0.369 e. The maximum atomic E-state index is 4.08. The van der Waals surface area contributed by atoms with E-state index >= 15 is 0 Å². The standard InChI is InChI=1S/C9H17N3/c1-7(2)4-5-10-9-6-8(3)11-12-9/h6-7H,4-5H2,1-3H3,(H2,10,11,12). The number of rotatable bonds is 4. The van der Waals surface area contributed by atoms with Gasteiger partial charge in [0.2, 0.25) is 0 Å². The Hall–Kier alpha value is -0.990. The zero-order valence-corrected chi connectivity index (χ0v) is 8.02. The zero-order valence-electron chi connectivity index (χ0n) is 8.02. The van der Waals surface area contributed by atoms with Crippen LogP contribution >= 0.6 is 0 Å². The predicted octanol–water partition coefficient (Wildman–Crippen LogP) is 2.18. The van der Waals surface area contributed by atoms with E-state index in [0.717, 1.165) is 24.0 Å². The van der Waals surface area contributed by atoms with Crippen LogP contribution in [0.4, 0.5) is 5.82 Å². The van der Waals surface area contributed by atoms with E-state index in [9.17, 15) is 0 Å². The van der Waals surface area contributed by atoms with Gasteiger partial charge in [-0.2, -0.15) is 5.10 Å². The number of nitrogens with zero attached hydrogens (tertiary/aromatic N) is 1. The van der Waals surface area contributed by atoms with Crippen LogP contribution in [-0.2, 0) is 0 Å². The van der Waals surface area contributed by atoms with Crippen LogP contribution in [0.1, 0.15) is 26.0 Å². The minimum atomic E-state index is 0.748. The van der Waals surface area contributed by atoms with Crippen molar-refractivity contribution in [1.29, 1.82) is 0 Å². The Morgan fingerprint density at radius 2 is 2.33 bits per heavy atom. The van der Waals surface area contributed by atoms with Crippen molar-refractivity contribution in [3.63, 3.8) is 0 Å². The van der Waals surface area contributed by atoms with Crippen molar-refractivity contribution in [3.8, 4) is 0 Å². The summed E-state index contributed by atoms with van der Waals surface area (Å²) in [6.45, 7) is 7.44. The Morgan fingerprint density at radius 3 is 2.83 bits per heavy atom. The molecule has 0 spiro atoms. The molecule has 0 aliphatic heterocycles. The number of nitrogens with one attached hydrogen (secondary N) is 2. The summed E-state index contributed by atoms with van der Waals surface area (Å²) >= 11 is 0. The lowest BCUT2D eigenvalue weighted by atomic mass is 10.1. The molecule has 0 amide bonds. The molecule has 0 aromatic carbocycles. The van der Waals surface area contributed by atoms with Gasteiger partial charge in [-0.3, -0.25) is 5.10 Å². The molecule has 0 bridgehead atoms. The molecule has 0 fully saturated rings. The Kier molecular flexibility index (Phi) is 3.14. The van der Waals surface area contributed by atoms with E-state index in [1.165, 1.54) is 6.42 Å². The lowest BCUT2D eigenvalue weighted by Crippen LogP contribution is -2.04. The molecule has 0 aliphatic carbocycles. The van der Waals surface area contributed by atoms with Gasteiger partial charge in [0.15, 0.2) is 0 Å². The number of hydrogen-bond donors (Lipinski definition) is 2. The van der Waals surface area contributed by atoms with Crippen LogP contribution in [0.25, 0.3) is 0 Å². The topological polar surface area (TPSA) is 40.7 Å². The number of anilines is 1. The Morgan fingerprint density at radius 1 is 1.58 bits per heavy atom. The number of aryl methyl sites for hydroxylation is 1. The van der Waals surface area contributed by atoms with E-state index in [1.54, 1.807) is 0 Å². The van der Waals surface area contributed by atoms with Crippen molar-refractivity contribution in [2.45, 2.75) is 27.2 Å². The first-order valence-electron chi connectivity index (χ1n) is 4.44. The van der Waals surface area contributed by atoms with Crippen molar-refractivity contribution < 1.29 is 0 Å². The van der Waals surface area contributed by atoms with E-state index in [4.69, 9.17) is 0 Å². The fourth-order valence-corrected chi connectivity index (χ4v) is 0.998. The highest BCUT2D eigenvalue weighted by molar-refractivity contribution is 5.34. The van der Waals surface area contributed by atoms with Crippen LogP contribution < -0.4 is 5.32 Å². The molecule has 12 heavy (non-hydrogen) atoms. The highest BCUT2D eigenvalue weighted by Crippen LogP contribution is 2.05. The van der Waals surface area contributed by atoms with E-state index < -0.39 is 0 Å². The average molecular weight is 167 g/mol. The van der Waals surface area contributed by atoms with Gasteiger partial charge in [0.25, 0.3) is 0 Å². The predicted molar refractivity (Wildman–Crippen MR) is 51.3 cm³/mol. The van der Waals surface area contributed by atoms with Gasteiger partial charge in [0, 0.05) is 18.3 Å². The van der Waals surface area contributed by atoms with Crippen LogP contribution in [0.2, 0.25) is 0 Å². The smallest absolute Gasteiger partial charge is 0.148 e. The first-order valence-corrected chi connectivity index (χ1v) is 4.44. The van der Waals surface area contributed by atoms with Gasteiger partial charge in [-0.1, -0.05) is 13.8 Å². The molecule has 0 atom stereocenters. The van der Waals surface area contributed by atoms with Gasteiger partial charge in [-0.15, -0.1) is 0 Å².